The van der Waals surface area contributed by atoms with Crippen LogP contribution in [0, 0.1) is 5.92 Å². The number of rotatable bonds is 7. The van der Waals surface area contributed by atoms with Crippen molar-refractivity contribution in [2.24, 2.45) is 13.0 Å². The summed E-state index contributed by atoms with van der Waals surface area (Å²) in [5.41, 5.74) is 2.27. The molecule has 0 aliphatic carbocycles. The van der Waals surface area contributed by atoms with Crippen LogP contribution in [0.2, 0.25) is 0 Å². The van der Waals surface area contributed by atoms with E-state index in [2.05, 4.69) is 9.62 Å². The number of benzene rings is 1. The minimum atomic E-state index is -3.14. The Hall–Kier alpha value is -1.90. The lowest BCUT2D eigenvalue weighted by Crippen LogP contribution is -2.39. The molecule has 7 nitrogen and oxygen atoms in total. The summed E-state index contributed by atoms with van der Waals surface area (Å²) in [4.78, 5) is 14.1. The van der Waals surface area contributed by atoms with E-state index in [0.717, 1.165) is 48.9 Å². The number of carbonyl (C=O) groups is 1. The standard InChI is InChI=1S/C19H27N3O4S/c1-21-16-6-4-3-5-15(16)18(19(23)24)17(21)13-14-7-10-22(11-8-14)12-9-20-27(2,25)26/h3-6,14,20H,7-13H2,1-2H3,(H,23,24). The number of nitrogens with zero attached hydrogens (tertiary/aromatic N) is 2. The van der Waals surface area contributed by atoms with Gasteiger partial charge in [-0.15, -0.1) is 0 Å². The third kappa shape index (κ3) is 4.69. The molecule has 3 rings (SSSR count). The molecule has 0 amide bonds. The zero-order valence-corrected chi connectivity index (χ0v) is 16.6. The molecule has 0 saturated carbocycles. The van der Waals surface area contributed by atoms with Gasteiger partial charge in [-0.25, -0.2) is 17.9 Å². The van der Waals surface area contributed by atoms with Gasteiger partial charge in [0.05, 0.1) is 11.8 Å². The van der Waals surface area contributed by atoms with E-state index in [1.165, 1.54) is 6.26 Å². The van der Waals surface area contributed by atoms with Gasteiger partial charge in [-0.05, 0) is 44.3 Å². The molecule has 0 atom stereocenters. The Balaban J connectivity index is 1.65. The minimum Gasteiger partial charge on any atom is -0.478 e. The first kappa shape index (κ1) is 19.9. The molecule has 0 spiro atoms. The maximum Gasteiger partial charge on any atom is 0.338 e. The Labute approximate surface area is 160 Å². The van der Waals surface area contributed by atoms with Crippen LogP contribution < -0.4 is 4.72 Å². The summed E-state index contributed by atoms with van der Waals surface area (Å²) in [6, 6.07) is 7.64. The van der Waals surface area contributed by atoms with Gasteiger partial charge >= 0.3 is 5.97 Å². The lowest BCUT2D eigenvalue weighted by atomic mass is 9.90. The van der Waals surface area contributed by atoms with Crippen LogP contribution in [0.15, 0.2) is 24.3 Å². The molecule has 27 heavy (non-hydrogen) atoms. The third-order valence-electron chi connectivity index (χ3n) is 5.42. The van der Waals surface area contributed by atoms with Crippen molar-refractivity contribution in [1.29, 1.82) is 0 Å². The number of aromatic nitrogens is 1. The number of carboxylic acids is 1. The summed E-state index contributed by atoms with van der Waals surface area (Å²) in [5.74, 6) is -0.434. The highest BCUT2D eigenvalue weighted by atomic mass is 32.2. The van der Waals surface area contributed by atoms with Crippen molar-refractivity contribution in [2.75, 3.05) is 32.4 Å². The van der Waals surface area contributed by atoms with Gasteiger partial charge < -0.3 is 14.6 Å². The van der Waals surface area contributed by atoms with E-state index < -0.39 is 16.0 Å². The van der Waals surface area contributed by atoms with Crippen LogP contribution in [0.5, 0.6) is 0 Å². The summed E-state index contributed by atoms with van der Waals surface area (Å²) in [6.45, 7) is 2.94. The quantitative estimate of drug-likeness (QED) is 0.747. The van der Waals surface area contributed by atoms with Gasteiger partial charge in [-0.1, -0.05) is 18.2 Å². The molecule has 2 N–H and O–H groups in total. The van der Waals surface area contributed by atoms with Crippen molar-refractivity contribution in [2.45, 2.75) is 19.3 Å². The Kier molecular flexibility index (Phi) is 5.88. The van der Waals surface area contributed by atoms with Crippen LogP contribution >= 0.6 is 0 Å². The fraction of sp³-hybridized carbons (Fsp3) is 0.526. The number of aryl methyl sites for hydroxylation is 1. The molecular weight excluding hydrogens is 366 g/mol. The smallest absolute Gasteiger partial charge is 0.338 e. The van der Waals surface area contributed by atoms with Crippen LogP contribution in [0.3, 0.4) is 0 Å². The second-order valence-corrected chi connectivity index (χ2v) is 9.19. The fourth-order valence-electron chi connectivity index (χ4n) is 4.00. The lowest BCUT2D eigenvalue weighted by molar-refractivity contribution is 0.0697. The van der Waals surface area contributed by atoms with Crippen LogP contribution in [0.1, 0.15) is 28.9 Å². The van der Waals surface area contributed by atoms with Gasteiger partial charge in [-0.2, -0.15) is 0 Å². The van der Waals surface area contributed by atoms with Crippen molar-refractivity contribution in [3.63, 3.8) is 0 Å². The monoisotopic (exact) mass is 393 g/mol. The molecule has 1 aliphatic rings. The SMILES string of the molecule is Cn1c(CC2CCN(CCNS(C)(=O)=O)CC2)c(C(=O)O)c2ccccc21. The molecule has 1 aliphatic heterocycles. The number of hydrogen-bond acceptors (Lipinski definition) is 4. The number of piperidine rings is 1. The molecule has 8 heteroatoms. The normalized spacial score (nSPS) is 16.8. The van der Waals surface area contributed by atoms with E-state index in [9.17, 15) is 18.3 Å². The maximum absolute atomic E-state index is 11.9. The van der Waals surface area contributed by atoms with E-state index in [-0.39, 0.29) is 0 Å². The molecule has 2 heterocycles. The zero-order chi connectivity index (χ0) is 19.6. The third-order valence-corrected chi connectivity index (χ3v) is 6.15. The molecule has 148 valence electrons. The van der Waals surface area contributed by atoms with Gasteiger partial charge in [0.2, 0.25) is 10.0 Å². The van der Waals surface area contributed by atoms with E-state index in [0.29, 0.717) is 24.6 Å². The average molecular weight is 394 g/mol. The number of fused-ring (bicyclic) bond motifs is 1. The Morgan fingerprint density at radius 2 is 1.93 bits per heavy atom. The maximum atomic E-state index is 11.9. The first-order valence-corrected chi connectivity index (χ1v) is 11.1. The first-order chi connectivity index (χ1) is 12.8. The molecule has 1 aromatic carbocycles. The molecule has 2 aromatic rings. The van der Waals surface area contributed by atoms with E-state index in [4.69, 9.17) is 0 Å². The molecule has 1 aromatic heterocycles. The summed E-state index contributed by atoms with van der Waals surface area (Å²) in [6.07, 6.45) is 3.89. The molecule has 0 radical (unpaired) electrons. The van der Waals surface area contributed by atoms with Gasteiger partial charge in [0.1, 0.15) is 0 Å². The Morgan fingerprint density at radius 1 is 1.26 bits per heavy atom. The van der Waals surface area contributed by atoms with E-state index in [1.54, 1.807) is 0 Å². The number of carboxylic acid groups (broad SMARTS) is 1. The largest absolute Gasteiger partial charge is 0.478 e. The molecule has 0 bridgehead atoms. The Morgan fingerprint density at radius 3 is 2.56 bits per heavy atom. The number of para-hydroxylation sites is 1. The number of nitrogens with one attached hydrogen (secondary N) is 1. The highest BCUT2D eigenvalue weighted by Gasteiger charge is 2.25. The number of likely N-dealkylation sites (tertiary alicyclic amines) is 1. The predicted molar refractivity (Wildman–Crippen MR) is 106 cm³/mol. The lowest BCUT2D eigenvalue weighted by Gasteiger charge is -2.32. The van der Waals surface area contributed by atoms with Crippen LogP contribution in [0.4, 0.5) is 0 Å². The topological polar surface area (TPSA) is 91.6 Å². The van der Waals surface area contributed by atoms with E-state index in [1.807, 2.05) is 35.9 Å². The fourth-order valence-corrected chi connectivity index (χ4v) is 4.46. The van der Waals surface area contributed by atoms with Gasteiger partial charge in [0.25, 0.3) is 0 Å². The van der Waals surface area contributed by atoms with Crippen molar-refractivity contribution in [3.8, 4) is 0 Å². The molecule has 0 unspecified atom stereocenters. The molecule has 1 saturated heterocycles. The summed E-state index contributed by atoms with van der Waals surface area (Å²) < 4.78 is 26.8. The summed E-state index contributed by atoms with van der Waals surface area (Å²) >= 11 is 0. The second kappa shape index (κ2) is 8.00. The van der Waals surface area contributed by atoms with Crippen molar-refractivity contribution >= 4 is 26.9 Å². The number of sulfonamides is 1. The van der Waals surface area contributed by atoms with Crippen LogP contribution in [-0.2, 0) is 23.5 Å². The molecular formula is C19H27N3O4S. The van der Waals surface area contributed by atoms with Crippen LogP contribution in [0.25, 0.3) is 10.9 Å². The highest BCUT2D eigenvalue weighted by molar-refractivity contribution is 7.88. The average Bonchev–Trinajstić information content (AvgIpc) is 2.88. The van der Waals surface area contributed by atoms with Crippen molar-refractivity contribution < 1.29 is 18.3 Å². The van der Waals surface area contributed by atoms with Crippen LogP contribution in [-0.4, -0.2) is 61.4 Å². The summed E-state index contributed by atoms with van der Waals surface area (Å²) in [5, 5.41) is 10.5. The Bertz CT molecular complexity index is 928. The second-order valence-electron chi connectivity index (χ2n) is 7.36. The highest BCUT2D eigenvalue weighted by Crippen LogP contribution is 2.30. The number of aromatic carboxylic acids is 1. The predicted octanol–water partition coefficient (Wildman–Crippen LogP) is 1.68. The number of hydrogen-bond donors (Lipinski definition) is 2. The first-order valence-electron chi connectivity index (χ1n) is 9.23. The van der Waals surface area contributed by atoms with Gasteiger partial charge in [-0.3, -0.25) is 0 Å². The molecule has 1 fully saturated rings. The zero-order valence-electron chi connectivity index (χ0n) is 15.8. The van der Waals surface area contributed by atoms with Gasteiger partial charge in [0, 0.05) is 36.7 Å². The van der Waals surface area contributed by atoms with E-state index >= 15 is 0 Å². The minimum absolute atomic E-state index is 0.424. The van der Waals surface area contributed by atoms with Crippen molar-refractivity contribution in [1.82, 2.24) is 14.2 Å². The van der Waals surface area contributed by atoms with Crippen molar-refractivity contribution in [3.05, 3.63) is 35.5 Å². The van der Waals surface area contributed by atoms with Gasteiger partial charge in [0.15, 0.2) is 0 Å². The summed E-state index contributed by atoms with van der Waals surface area (Å²) in [7, 11) is -1.20.